The number of aryl methyl sites for hydroxylation is 1. The van der Waals surface area contributed by atoms with E-state index in [1.165, 1.54) is 17.0 Å². The van der Waals surface area contributed by atoms with Gasteiger partial charge in [-0.15, -0.1) is 0 Å². The van der Waals surface area contributed by atoms with Gasteiger partial charge in [-0.3, -0.25) is 13.9 Å². The van der Waals surface area contributed by atoms with Crippen LogP contribution in [0.5, 0.6) is 5.75 Å². The summed E-state index contributed by atoms with van der Waals surface area (Å²) in [4.78, 5) is 28.6. The number of para-hydroxylation sites is 1. The molecule has 1 atom stereocenters. The number of amides is 2. The number of sulfonamides is 1. The van der Waals surface area contributed by atoms with Gasteiger partial charge in [0, 0.05) is 13.1 Å². The summed E-state index contributed by atoms with van der Waals surface area (Å²) in [7, 11) is -2.52. The smallest absolute Gasteiger partial charge is 0.264 e. The number of nitrogens with zero attached hydrogens (tertiary/aromatic N) is 2. The molecule has 0 bridgehead atoms. The quantitative estimate of drug-likeness (QED) is 0.326. The molecular weight excluding hydrogens is 526 g/mol. The zero-order valence-corrected chi connectivity index (χ0v) is 24.6. The number of methoxy groups -OCH3 is 1. The molecule has 0 radical (unpaired) electrons. The Balaban J connectivity index is 2.03. The van der Waals surface area contributed by atoms with Crippen molar-refractivity contribution in [2.24, 2.45) is 5.92 Å². The van der Waals surface area contributed by atoms with Crippen molar-refractivity contribution in [1.29, 1.82) is 0 Å². The Morgan fingerprint density at radius 1 is 0.900 bits per heavy atom. The van der Waals surface area contributed by atoms with Gasteiger partial charge in [-0.1, -0.05) is 69.3 Å². The van der Waals surface area contributed by atoms with E-state index in [4.69, 9.17) is 4.74 Å². The van der Waals surface area contributed by atoms with Crippen LogP contribution in [0.3, 0.4) is 0 Å². The van der Waals surface area contributed by atoms with Gasteiger partial charge in [-0.2, -0.15) is 0 Å². The van der Waals surface area contributed by atoms with Gasteiger partial charge >= 0.3 is 0 Å². The van der Waals surface area contributed by atoms with Crippen molar-refractivity contribution in [3.8, 4) is 5.75 Å². The molecule has 1 unspecified atom stereocenters. The number of rotatable bonds is 13. The van der Waals surface area contributed by atoms with Gasteiger partial charge in [0.1, 0.15) is 18.3 Å². The maximum atomic E-state index is 14.0. The summed E-state index contributed by atoms with van der Waals surface area (Å²) in [6.07, 6.45) is 0.578. The maximum absolute atomic E-state index is 14.0. The first kappa shape index (κ1) is 30.7. The second-order valence-electron chi connectivity index (χ2n) is 9.99. The van der Waals surface area contributed by atoms with Crippen molar-refractivity contribution >= 4 is 27.5 Å². The Morgan fingerprint density at radius 2 is 1.52 bits per heavy atom. The van der Waals surface area contributed by atoms with E-state index < -0.39 is 28.5 Å². The highest BCUT2D eigenvalue weighted by molar-refractivity contribution is 7.92. The predicted octanol–water partition coefficient (Wildman–Crippen LogP) is 4.64. The van der Waals surface area contributed by atoms with Gasteiger partial charge in [0.05, 0.1) is 17.7 Å². The average molecular weight is 566 g/mol. The second-order valence-corrected chi connectivity index (χ2v) is 11.9. The van der Waals surface area contributed by atoms with Gasteiger partial charge in [-0.05, 0) is 60.7 Å². The molecule has 0 heterocycles. The lowest BCUT2D eigenvalue weighted by atomic mass is 10.1. The van der Waals surface area contributed by atoms with Gasteiger partial charge < -0.3 is 15.0 Å². The van der Waals surface area contributed by atoms with Crippen LogP contribution in [0.15, 0.2) is 83.8 Å². The largest absolute Gasteiger partial charge is 0.497 e. The van der Waals surface area contributed by atoms with Crippen LogP contribution in [-0.2, 0) is 32.6 Å². The van der Waals surface area contributed by atoms with Crippen LogP contribution in [0.4, 0.5) is 5.69 Å². The highest BCUT2D eigenvalue weighted by atomic mass is 32.2. The van der Waals surface area contributed by atoms with Crippen molar-refractivity contribution in [3.05, 3.63) is 90.0 Å². The van der Waals surface area contributed by atoms with E-state index in [9.17, 15) is 18.0 Å². The molecule has 0 aliphatic carbocycles. The fraction of sp³-hybridized carbons (Fsp3) is 0.355. The summed E-state index contributed by atoms with van der Waals surface area (Å²) in [6.45, 7) is 7.69. The number of hydrogen-bond acceptors (Lipinski definition) is 5. The number of anilines is 1. The summed E-state index contributed by atoms with van der Waals surface area (Å²) in [5, 5.41) is 2.90. The van der Waals surface area contributed by atoms with E-state index in [1.807, 2.05) is 45.0 Å². The number of nitrogens with one attached hydrogen (secondary N) is 1. The highest BCUT2D eigenvalue weighted by Gasteiger charge is 2.33. The molecule has 2 amide bonds. The van der Waals surface area contributed by atoms with Crippen molar-refractivity contribution in [3.63, 3.8) is 0 Å². The minimum absolute atomic E-state index is 0.0816. The Kier molecular flexibility index (Phi) is 10.7. The number of benzene rings is 3. The van der Waals surface area contributed by atoms with Gasteiger partial charge in [0.25, 0.3) is 10.0 Å². The molecule has 3 aromatic rings. The lowest BCUT2D eigenvalue weighted by molar-refractivity contribution is -0.139. The van der Waals surface area contributed by atoms with Gasteiger partial charge in [0.15, 0.2) is 0 Å². The summed E-state index contributed by atoms with van der Waals surface area (Å²) < 4.78 is 34.3. The summed E-state index contributed by atoms with van der Waals surface area (Å²) in [5.41, 5.74) is 2.01. The SMILES string of the molecule is CCc1ccccc1N(CC(=O)N(Cc1ccc(OC)cc1)C(C)C(=O)NCC(C)C)S(=O)(=O)c1ccccc1. The molecule has 0 spiro atoms. The van der Waals surface area contributed by atoms with Crippen molar-refractivity contribution in [2.45, 2.75) is 51.6 Å². The topological polar surface area (TPSA) is 96.0 Å². The average Bonchev–Trinajstić information content (AvgIpc) is 2.97. The molecule has 3 aromatic carbocycles. The predicted molar refractivity (Wildman–Crippen MR) is 158 cm³/mol. The number of carbonyl (C=O) groups is 2. The number of hydrogen-bond donors (Lipinski definition) is 1. The summed E-state index contributed by atoms with van der Waals surface area (Å²) in [6, 6.07) is 21.6. The molecule has 0 saturated heterocycles. The van der Waals surface area contributed by atoms with E-state index in [1.54, 1.807) is 56.5 Å². The minimum atomic E-state index is -4.10. The molecule has 40 heavy (non-hydrogen) atoms. The summed E-state index contributed by atoms with van der Waals surface area (Å²) in [5.74, 6) is 0.106. The van der Waals surface area contributed by atoms with Crippen LogP contribution in [-0.4, -0.2) is 51.4 Å². The first-order valence-electron chi connectivity index (χ1n) is 13.4. The van der Waals surface area contributed by atoms with Crippen molar-refractivity contribution in [2.75, 3.05) is 24.5 Å². The van der Waals surface area contributed by atoms with E-state index in [-0.39, 0.29) is 23.3 Å². The Labute approximate surface area is 238 Å². The Morgan fingerprint density at radius 3 is 2.12 bits per heavy atom. The highest BCUT2D eigenvalue weighted by Crippen LogP contribution is 2.28. The first-order chi connectivity index (χ1) is 19.1. The van der Waals surface area contributed by atoms with Crippen LogP contribution in [0.1, 0.15) is 38.8 Å². The lowest BCUT2D eigenvalue weighted by Crippen LogP contribution is -2.51. The second kappa shape index (κ2) is 14.0. The van der Waals surface area contributed by atoms with Crippen LogP contribution >= 0.6 is 0 Å². The fourth-order valence-corrected chi connectivity index (χ4v) is 5.72. The number of carbonyl (C=O) groups excluding carboxylic acids is 2. The number of ether oxygens (including phenoxy) is 1. The third kappa shape index (κ3) is 7.63. The molecule has 8 nitrogen and oxygen atoms in total. The normalized spacial score (nSPS) is 12.1. The third-order valence-corrected chi connectivity index (χ3v) is 8.39. The van der Waals surface area contributed by atoms with E-state index >= 15 is 0 Å². The molecule has 214 valence electrons. The van der Waals surface area contributed by atoms with Gasteiger partial charge in [-0.25, -0.2) is 8.42 Å². The molecule has 0 fully saturated rings. The van der Waals surface area contributed by atoms with E-state index in [0.29, 0.717) is 24.4 Å². The fourth-order valence-electron chi connectivity index (χ4n) is 4.25. The Bertz CT molecular complexity index is 1380. The van der Waals surface area contributed by atoms with Crippen molar-refractivity contribution in [1.82, 2.24) is 10.2 Å². The minimum Gasteiger partial charge on any atom is -0.497 e. The van der Waals surface area contributed by atoms with Crippen LogP contribution in [0, 0.1) is 5.92 Å². The van der Waals surface area contributed by atoms with Crippen LogP contribution < -0.4 is 14.4 Å². The first-order valence-corrected chi connectivity index (χ1v) is 14.9. The standard InChI is InChI=1S/C31H39N3O5S/c1-6-26-12-10-11-15-29(26)34(40(37,38)28-13-8-7-9-14-28)22-30(35)33(24(4)31(36)32-20-23(2)3)21-25-16-18-27(39-5)19-17-25/h7-19,23-24H,6,20-22H2,1-5H3,(H,32,36). The Hall–Kier alpha value is -3.85. The van der Waals surface area contributed by atoms with Crippen LogP contribution in [0.2, 0.25) is 0 Å². The molecule has 0 aromatic heterocycles. The van der Waals surface area contributed by atoms with Crippen LogP contribution in [0.25, 0.3) is 0 Å². The lowest BCUT2D eigenvalue weighted by Gasteiger charge is -2.32. The third-order valence-electron chi connectivity index (χ3n) is 6.62. The van der Waals surface area contributed by atoms with Gasteiger partial charge in [0.2, 0.25) is 11.8 Å². The zero-order chi connectivity index (χ0) is 29.3. The molecular formula is C31H39N3O5S. The van der Waals surface area contributed by atoms with Crippen molar-refractivity contribution < 1.29 is 22.7 Å². The molecule has 9 heteroatoms. The van der Waals surface area contributed by atoms with E-state index in [0.717, 1.165) is 15.4 Å². The molecule has 0 aliphatic heterocycles. The summed E-state index contributed by atoms with van der Waals surface area (Å²) >= 11 is 0. The monoisotopic (exact) mass is 565 g/mol. The molecule has 0 aliphatic rings. The zero-order valence-electron chi connectivity index (χ0n) is 23.8. The maximum Gasteiger partial charge on any atom is 0.264 e. The molecule has 3 rings (SSSR count). The molecule has 0 saturated carbocycles. The molecule has 1 N–H and O–H groups in total. The van der Waals surface area contributed by atoms with E-state index in [2.05, 4.69) is 5.32 Å².